The second-order valence-corrected chi connectivity index (χ2v) is 9.69. The van der Waals surface area contributed by atoms with Gasteiger partial charge in [0.25, 0.3) is 0 Å². The fraction of sp³-hybridized carbons (Fsp3) is 0.321. The molecule has 37 heavy (non-hydrogen) atoms. The van der Waals surface area contributed by atoms with Gasteiger partial charge in [-0.25, -0.2) is 13.8 Å². The molecule has 1 aliphatic rings. The molecule has 0 radical (unpaired) electrons. The highest BCUT2D eigenvalue weighted by molar-refractivity contribution is 5.97. The Balaban J connectivity index is 1.45. The highest BCUT2D eigenvalue weighted by atomic mass is 19.2. The molecule has 7 nitrogen and oxygen atoms in total. The summed E-state index contributed by atoms with van der Waals surface area (Å²) in [6.07, 6.45) is 3.50. The lowest BCUT2D eigenvalue weighted by atomic mass is 9.79. The number of halogens is 2. The number of aromatic nitrogens is 3. The van der Waals surface area contributed by atoms with E-state index in [-0.39, 0.29) is 37.6 Å². The Bertz CT molecular complexity index is 1440. The zero-order chi connectivity index (χ0) is 26.2. The van der Waals surface area contributed by atoms with Crippen LogP contribution >= 0.6 is 0 Å². The van der Waals surface area contributed by atoms with Gasteiger partial charge >= 0.3 is 0 Å². The summed E-state index contributed by atoms with van der Waals surface area (Å²) >= 11 is 0. The van der Waals surface area contributed by atoms with E-state index in [9.17, 15) is 13.6 Å². The number of pyridine rings is 2. The van der Waals surface area contributed by atoms with Crippen molar-refractivity contribution in [2.45, 2.75) is 45.0 Å². The summed E-state index contributed by atoms with van der Waals surface area (Å²) in [5.74, 6) is -2.46. The number of fused-ring (bicyclic) bond motifs is 1. The van der Waals surface area contributed by atoms with E-state index in [1.807, 2.05) is 32.0 Å². The average molecular weight is 508 g/mol. The topological polar surface area (TPSA) is 75.0 Å². The first kappa shape index (κ1) is 25.0. The van der Waals surface area contributed by atoms with Crippen LogP contribution in [-0.2, 0) is 21.5 Å². The number of hydrogen-bond donors (Lipinski definition) is 0. The summed E-state index contributed by atoms with van der Waals surface area (Å²) in [6, 6.07) is 12.9. The molecule has 0 saturated carbocycles. The van der Waals surface area contributed by atoms with E-state index in [0.29, 0.717) is 28.5 Å². The Hall–Kier alpha value is -3.69. The third-order valence-corrected chi connectivity index (χ3v) is 6.57. The summed E-state index contributed by atoms with van der Waals surface area (Å²) in [7, 11) is 0. The Morgan fingerprint density at radius 1 is 1.08 bits per heavy atom. The van der Waals surface area contributed by atoms with Gasteiger partial charge in [0, 0.05) is 24.4 Å². The highest BCUT2D eigenvalue weighted by Crippen LogP contribution is 2.37. The van der Waals surface area contributed by atoms with Crippen LogP contribution in [0.3, 0.4) is 0 Å². The molecule has 1 aromatic carbocycles. The van der Waals surface area contributed by atoms with Crippen molar-refractivity contribution in [3.63, 3.8) is 0 Å². The number of rotatable bonds is 7. The second kappa shape index (κ2) is 9.64. The normalized spacial score (nSPS) is 16.6. The van der Waals surface area contributed by atoms with Crippen LogP contribution in [0.15, 0.2) is 60.9 Å². The predicted octanol–water partition coefficient (Wildman–Crippen LogP) is 5.19. The van der Waals surface area contributed by atoms with Gasteiger partial charge in [-0.05, 0) is 51.1 Å². The van der Waals surface area contributed by atoms with Crippen LogP contribution in [0.4, 0.5) is 8.78 Å². The predicted molar refractivity (Wildman–Crippen MR) is 131 cm³/mol. The van der Waals surface area contributed by atoms with Gasteiger partial charge in [0.05, 0.1) is 30.0 Å². The van der Waals surface area contributed by atoms with Gasteiger partial charge in [-0.3, -0.25) is 14.2 Å². The molecule has 0 unspecified atom stereocenters. The van der Waals surface area contributed by atoms with Crippen molar-refractivity contribution in [2.24, 2.45) is 0 Å². The average Bonchev–Trinajstić information content (AvgIpc) is 3.23. The molecule has 0 N–H and O–H groups in total. The Morgan fingerprint density at radius 2 is 1.86 bits per heavy atom. The van der Waals surface area contributed by atoms with E-state index >= 15 is 0 Å². The summed E-state index contributed by atoms with van der Waals surface area (Å²) < 4.78 is 47.1. The summed E-state index contributed by atoms with van der Waals surface area (Å²) in [6.45, 7) is 5.77. The number of benzene rings is 1. The molecule has 0 bridgehead atoms. The molecule has 1 fully saturated rings. The Labute approximate surface area is 213 Å². The summed E-state index contributed by atoms with van der Waals surface area (Å²) in [5.41, 5.74) is 1.35. The number of hydrogen-bond acceptors (Lipinski definition) is 6. The first-order valence-electron chi connectivity index (χ1n) is 12.0. The molecule has 5 rings (SSSR count). The van der Waals surface area contributed by atoms with Crippen LogP contribution in [-0.4, -0.2) is 39.2 Å². The molecule has 3 aromatic heterocycles. The molecule has 0 spiro atoms. The summed E-state index contributed by atoms with van der Waals surface area (Å²) in [5, 5.41) is 0. The van der Waals surface area contributed by atoms with Crippen LogP contribution in [0, 0.1) is 18.6 Å². The summed E-state index contributed by atoms with van der Waals surface area (Å²) in [4.78, 5) is 22.9. The zero-order valence-electron chi connectivity index (χ0n) is 20.8. The van der Waals surface area contributed by atoms with Crippen LogP contribution < -0.4 is 4.74 Å². The van der Waals surface area contributed by atoms with Gasteiger partial charge in [0.15, 0.2) is 34.6 Å². The van der Waals surface area contributed by atoms with Crippen molar-refractivity contribution < 1.29 is 27.8 Å². The fourth-order valence-corrected chi connectivity index (χ4v) is 4.54. The molecule has 0 aliphatic carbocycles. The lowest BCUT2D eigenvalue weighted by molar-refractivity contribution is -0.269. The van der Waals surface area contributed by atoms with Crippen molar-refractivity contribution in [2.75, 3.05) is 13.2 Å². The van der Waals surface area contributed by atoms with Crippen molar-refractivity contribution in [1.82, 2.24) is 14.4 Å². The molecule has 192 valence electrons. The van der Waals surface area contributed by atoms with Gasteiger partial charge in [-0.1, -0.05) is 18.2 Å². The molecule has 0 amide bonds. The van der Waals surface area contributed by atoms with Gasteiger partial charge in [-0.2, -0.15) is 0 Å². The molecular formula is C28H27F2N3O4. The minimum Gasteiger partial charge on any atom is -0.485 e. The molecular weight excluding hydrogens is 480 g/mol. The van der Waals surface area contributed by atoms with Crippen molar-refractivity contribution >= 4 is 11.4 Å². The SMILES string of the molecule is Cc1nc2c(OCc3cccc(F)c3F)cccn2c1C(=O)CC1(c2ccccn2)COC(C)(C)OC1. The van der Waals surface area contributed by atoms with Crippen LogP contribution in [0.2, 0.25) is 0 Å². The maximum absolute atomic E-state index is 14.1. The minimum absolute atomic E-state index is 0.0825. The molecule has 9 heteroatoms. The molecule has 4 heterocycles. The van der Waals surface area contributed by atoms with Gasteiger partial charge < -0.3 is 14.2 Å². The fourth-order valence-electron chi connectivity index (χ4n) is 4.54. The lowest BCUT2D eigenvalue weighted by Gasteiger charge is -2.42. The third kappa shape index (κ3) is 4.84. The van der Waals surface area contributed by atoms with Crippen LogP contribution in [0.1, 0.15) is 47.7 Å². The van der Waals surface area contributed by atoms with E-state index in [1.165, 1.54) is 12.1 Å². The lowest BCUT2D eigenvalue weighted by Crippen LogP contribution is -2.50. The first-order valence-corrected chi connectivity index (χ1v) is 12.0. The van der Waals surface area contributed by atoms with E-state index in [2.05, 4.69) is 9.97 Å². The molecule has 1 aliphatic heterocycles. The van der Waals surface area contributed by atoms with Crippen molar-refractivity contribution in [3.05, 3.63) is 95.2 Å². The van der Waals surface area contributed by atoms with Crippen molar-refractivity contribution in [3.8, 4) is 5.75 Å². The Morgan fingerprint density at radius 3 is 2.59 bits per heavy atom. The molecule has 1 saturated heterocycles. The van der Waals surface area contributed by atoms with E-state index in [4.69, 9.17) is 14.2 Å². The number of aryl methyl sites for hydroxylation is 1. The largest absolute Gasteiger partial charge is 0.485 e. The number of carbonyl (C=O) groups is 1. The molecule has 4 aromatic rings. The number of ketones is 1. The maximum Gasteiger partial charge on any atom is 0.182 e. The third-order valence-electron chi connectivity index (χ3n) is 6.57. The monoisotopic (exact) mass is 507 g/mol. The van der Waals surface area contributed by atoms with Gasteiger partial charge in [0.2, 0.25) is 0 Å². The quantitative estimate of drug-likeness (QED) is 0.321. The van der Waals surface area contributed by atoms with E-state index in [1.54, 1.807) is 35.9 Å². The molecule has 0 atom stereocenters. The van der Waals surface area contributed by atoms with Crippen molar-refractivity contribution in [1.29, 1.82) is 0 Å². The standard InChI is InChI=1S/C28H27F2N3O4/c1-18-25(21(34)14-28(23-11-4-5-12-31-23)16-36-27(2,3)37-17-28)33-13-7-10-22(26(33)32-18)35-15-19-8-6-9-20(29)24(19)30/h4-13H,14-17H2,1-3H3. The van der Waals surface area contributed by atoms with Crippen LogP contribution in [0.25, 0.3) is 5.65 Å². The Kier molecular flexibility index (Phi) is 6.51. The first-order chi connectivity index (χ1) is 17.7. The minimum atomic E-state index is -0.954. The number of Topliss-reactive ketones (excluding diaryl/α,β-unsaturated/α-hetero) is 1. The number of imidazole rings is 1. The maximum atomic E-state index is 14.1. The zero-order valence-corrected chi connectivity index (χ0v) is 20.8. The number of nitrogens with zero attached hydrogens (tertiary/aromatic N) is 3. The second-order valence-electron chi connectivity index (χ2n) is 9.69. The number of carbonyl (C=O) groups excluding carboxylic acids is 1. The van der Waals surface area contributed by atoms with E-state index in [0.717, 1.165) is 6.07 Å². The van der Waals surface area contributed by atoms with Gasteiger partial charge in [-0.15, -0.1) is 0 Å². The smallest absolute Gasteiger partial charge is 0.182 e. The van der Waals surface area contributed by atoms with Crippen LogP contribution in [0.5, 0.6) is 5.75 Å². The number of ether oxygens (including phenoxy) is 3. The van der Waals surface area contributed by atoms with E-state index < -0.39 is 22.8 Å². The highest BCUT2D eigenvalue weighted by Gasteiger charge is 2.44. The van der Waals surface area contributed by atoms with Gasteiger partial charge in [0.1, 0.15) is 12.3 Å².